The summed E-state index contributed by atoms with van der Waals surface area (Å²) in [6, 6.07) is 21.2. The SMILES string of the molecule is N=C(N)c1ccc(CC(S)c2ccccc2NS(=O)(=O)c2cccc(Br)c2)cc1. The molecule has 29 heavy (non-hydrogen) atoms. The van der Waals surface area contributed by atoms with Crippen molar-refractivity contribution in [1.29, 1.82) is 5.41 Å². The fraction of sp³-hybridized carbons (Fsp3) is 0.0952. The Balaban J connectivity index is 1.83. The van der Waals surface area contributed by atoms with Crippen LogP contribution in [0.25, 0.3) is 0 Å². The van der Waals surface area contributed by atoms with Crippen LogP contribution in [0.15, 0.2) is 82.2 Å². The van der Waals surface area contributed by atoms with E-state index in [-0.39, 0.29) is 16.0 Å². The third-order valence-corrected chi connectivity index (χ3v) is 6.68. The molecule has 0 aromatic heterocycles. The first-order valence-corrected chi connectivity index (χ1v) is 11.5. The molecule has 0 radical (unpaired) electrons. The Hall–Kier alpha value is -2.29. The first-order valence-electron chi connectivity index (χ1n) is 8.75. The minimum absolute atomic E-state index is 0.0197. The van der Waals surface area contributed by atoms with E-state index < -0.39 is 10.0 Å². The number of amidine groups is 1. The van der Waals surface area contributed by atoms with Gasteiger partial charge in [0.2, 0.25) is 0 Å². The van der Waals surface area contributed by atoms with Gasteiger partial charge in [0.25, 0.3) is 10.0 Å². The molecule has 3 aromatic carbocycles. The number of para-hydroxylation sites is 1. The molecular formula is C21H20BrN3O2S2. The highest BCUT2D eigenvalue weighted by Gasteiger charge is 2.19. The predicted octanol–water partition coefficient (Wildman–Crippen LogP) is 4.75. The van der Waals surface area contributed by atoms with Gasteiger partial charge >= 0.3 is 0 Å². The minimum atomic E-state index is -3.73. The average molecular weight is 490 g/mol. The number of nitrogens with two attached hydrogens (primary N) is 1. The Labute approximate surface area is 184 Å². The van der Waals surface area contributed by atoms with Crippen LogP contribution in [0.2, 0.25) is 0 Å². The number of nitrogen functional groups attached to an aromatic ring is 1. The van der Waals surface area contributed by atoms with E-state index >= 15 is 0 Å². The molecule has 150 valence electrons. The van der Waals surface area contributed by atoms with E-state index in [1.165, 1.54) is 0 Å². The highest BCUT2D eigenvalue weighted by molar-refractivity contribution is 9.10. The summed E-state index contributed by atoms with van der Waals surface area (Å²) in [4.78, 5) is 0.178. The Kier molecular flexibility index (Phi) is 6.66. The van der Waals surface area contributed by atoms with E-state index in [1.54, 1.807) is 48.5 Å². The summed E-state index contributed by atoms with van der Waals surface area (Å²) < 4.78 is 29.0. The topological polar surface area (TPSA) is 96.0 Å². The number of benzene rings is 3. The largest absolute Gasteiger partial charge is 0.384 e. The molecule has 3 aromatic rings. The monoisotopic (exact) mass is 489 g/mol. The second-order valence-corrected chi connectivity index (χ2v) is 9.70. The van der Waals surface area contributed by atoms with Crippen molar-refractivity contribution in [1.82, 2.24) is 0 Å². The maximum absolute atomic E-state index is 12.8. The molecule has 0 amide bonds. The molecule has 8 heteroatoms. The Morgan fingerprint density at radius 2 is 1.76 bits per heavy atom. The second-order valence-electron chi connectivity index (χ2n) is 6.48. The molecule has 0 saturated carbocycles. The van der Waals surface area contributed by atoms with Crippen LogP contribution in [-0.4, -0.2) is 14.3 Å². The van der Waals surface area contributed by atoms with Crippen LogP contribution in [0.1, 0.15) is 21.9 Å². The van der Waals surface area contributed by atoms with E-state index in [2.05, 4.69) is 20.7 Å². The van der Waals surface area contributed by atoms with Crippen molar-refractivity contribution in [3.8, 4) is 0 Å². The van der Waals surface area contributed by atoms with Crippen molar-refractivity contribution in [2.24, 2.45) is 5.73 Å². The lowest BCUT2D eigenvalue weighted by Crippen LogP contribution is -2.15. The van der Waals surface area contributed by atoms with Gasteiger partial charge in [0.1, 0.15) is 5.84 Å². The molecule has 3 rings (SSSR count). The number of rotatable bonds is 7. The molecule has 0 saturated heterocycles. The smallest absolute Gasteiger partial charge is 0.261 e. The van der Waals surface area contributed by atoms with Gasteiger partial charge in [0.15, 0.2) is 0 Å². The molecule has 0 aliphatic heterocycles. The van der Waals surface area contributed by atoms with Crippen molar-refractivity contribution in [3.63, 3.8) is 0 Å². The zero-order valence-electron chi connectivity index (χ0n) is 15.3. The van der Waals surface area contributed by atoms with Crippen molar-refractivity contribution in [2.45, 2.75) is 16.6 Å². The number of thiol groups is 1. The number of halogens is 1. The first kappa shape index (κ1) is 21.4. The quantitative estimate of drug-likeness (QED) is 0.219. The van der Waals surface area contributed by atoms with Crippen LogP contribution < -0.4 is 10.5 Å². The molecule has 0 aliphatic carbocycles. The first-order chi connectivity index (χ1) is 13.8. The van der Waals surface area contributed by atoms with E-state index in [4.69, 9.17) is 23.8 Å². The number of hydrogen-bond donors (Lipinski definition) is 4. The van der Waals surface area contributed by atoms with Gasteiger partial charge in [-0.25, -0.2) is 8.42 Å². The van der Waals surface area contributed by atoms with Gasteiger partial charge in [0, 0.05) is 15.3 Å². The summed E-state index contributed by atoms with van der Waals surface area (Å²) in [5.41, 5.74) is 8.44. The molecule has 0 aliphatic rings. The normalized spacial score (nSPS) is 12.3. The fourth-order valence-corrected chi connectivity index (χ4v) is 4.99. The minimum Gasteiger partial charge on any atom is -0.384 e. The number of sulfonamides is 1. The zero-order chi connectivity index (χ0) is 21.0. The van der Waals surface area contributed by atoms with E-state index in [1.807, 2.05) is 24.3 Å². The van der Waals surface area contributed by atoms with Crippen LogP contribution in [0.4, 0.5) is 5.69 Å². The van der Waals surface area contributed by atoms with Crippen LogP contribution >= 0.6 is 28.6 Å². The van der Waals surface area contributed by atoms with Crippen LogP contribution in [-0.2, 0) is 16.4 Å². The van der Waals surface area contributed by atoms with Gasteiger partial charge in [-0.15, -0.1) is 0 Å². The summed E-state index contributed by atoms with van der Waals surface area (Å²) in [6.45, 7) is 0. The maximum Gasteiger partial charge on any atom is 0.261 e. The van der Waals surface area contributed by atoms with Crippen molar-refractivity contribution in [2.75, 3.05) is 4.72 Å². The molecule has 5 nitrogen and oxygen atoms in total. The third kappa shape index (κ3) is 5.41. The molecule has 1 atom stereocenters. The van der Waals surface area contributed by atoms with Crippen LogP contribution in [0.3, 0.4) is 0 Å². The molecule has 1 unspecified atom stereocenters. The Morgan fingerprint density at radius 1 is 1.07 bits per heavy atom. The van der Waals surface area contributed by atoms with Gasteiger partial charge in [-0.05, 0) is 41.8 Å². The predicted molar refractivity (Wildman–Crippen MR) is 124 cm³/mol. The van der Waals surface area contributed by atoms with Gasteiger partial charge in [-0.2, -0.15) is 12.6 Å². The summed E-state index contributed by atoms with van der Waals surface area (Å²) >= 11 is 8.01. The molecule has 0 bridgehead atoms. The number of anilines is 1. The van der Waals surface area contributed by atoms with Crippen LogP contribution in [0, 0.1) is 5.41 Å². The molecular weight excluding hydrogens is 470 g/mol. The summed E-state index contributed by atoms with van der Waals surface area (Å²) in [6.07, 6.45) is 0.594. The second kappa shape index (κ2) is 9.02. The summed E-state index contributed by atoms with van der Waals surface area (Å²) in [7, 11) is -3.73. The molecule has 4 N–H and O–H groups in total. The van der Waals surface area contributed by atoms with Gasteiger partial charge in [-0.1, -0.05) is 64.5 Å². The Bertz CT molecular complexity index is 1130. The average Bonchev–Trinajstić information content (AvgIpc) is 2.68. The van der Waals surface area contributed by atoms with Gasteiger partial charge < -0.3 is 5.73 Å². The van der Waals surface area contributed by atoms with E-state index in [0.717, 1.165) is 11.1 Å². The highest BCUT2D eigenvalue weighted by atomic mass is 79.9. The van der Waals surface area contributed by atoms with Crippen LogP contribution in [0.5, 0.6) is 0 Å². The maximum atomic E-state index is 12.8. The molecule has 0 heterocycles. The van der Waals surface area contributed by atoms with Gasteiger partial charge in [0.05, 0.1) is 10.6 Å². The van der Waals surface area contributed by atoms with Crippen molar-refractivity contribution >= 4 is 50.1 Å². The highest BCUT2D eigenvalue weighted by Crippen LogP contribution is 2.32. The molecule has 0 fully saturated rings. The van der Waals surface area contributed by atoms with E-state index in [9.17, 15) is 8.42 Å². The lowest BCUT2D eigenvalue weighted by Gasteiger charge is -2.17. The lowest BCUT2D eigenvalue weighted by atomic mass is 10.0. The number of hydrogen-bond acceptors (Lipinski definition) is 4. The number of nitrogens with one attached hydrogen (secondary N) is 2. The zero-order valence-corrected chi connectivity index (χ0v) is 18.6. The summed E-state index contributed by atoms with van der Waals surface area (Å²) in [5, 5.41) is 7.25. The fourth-order valence-electron chi connectivity index (χ4n) is 2.87. The molecule has 0 spiro atoms. The third-order valence-electron chi connectivity index (χ3n) is 4.36. The Morgan fingerprint density at radius 3 is 2.41 bits per heavy atom. The van der Waals surface area contributed by atoms with Crippen molar-refractivity contribution < 1.29 is 8.42 Å². The standard InChI is InChI=1S/C21H20BrN3O2S2/c22-16-4-3-5-17(13-16)29(26,27)25-19-7-2-1-6-18(19)20(28)12-14-8-10-15(11-9-14)21(23)24/h1-11,13,20,25,28H,12H2,(H3,23,24). The van der Waals surface area contributed by atoms with Gasteiger partial charge in [-0.3, -0.25) is 10.1 Å². The lowest BCUT2D eigenvalue weighted by molar-refractivity contribution is 0.601. The van der Waals surface area contributed by atoms with E-state index in [0.29, 0.717) is 22.1 Å². The van der Waals surface area contributed by atoms with Crippen molar-refractivity contribution in [3.05, 3.63) is 94.0 Å². The summed E-state index contributed by atoms with van der Waals surface area (Å²) in [5.74, 6) is 0.0197.